The third-order valence-corrected chi connectivity index (χ3v) is 5.33. The van der Waals surface area contributed by atoms with Crippen molar-refractivity contribution in [3.8, 4) is 17.0 Å². The van der Waals surface area contributed by atoms with Crippen LogP contribution in [-0.2, 0) is 11.8 Å². The molecule has 0 saturated carbocycles. The molecule has 0 aliphatic carbocycles. The highest BCUT2D eigenvalue weighted by Crippen LogP contribution is 2.35. The second kappa shape index (κ2) is 6.57. The number of hydrogen-bond donors (Lipinski definition) is 1. The third kappa shape index (κ3) is 2.65. The van der Waals surface area contributed by atoms with Gasteiger partial charge >= 0.3 is 0 Å². The van der Waals surface area contributed by atoms with E-state index >= 15 is 0 Å². The summed E-state index contributed by atoms with van der Waals surface area (Å²) < 4.78 is 7.92. The van der Waals surface area contributed by atoms with E-state index in [1.54, 1.807) is 4.57 Å². The number of aromatic nitrogens is 1. The molecular weight excluding hydrogens is 348 g/mol. The summed E-state index contributed by atoms with van der Waals surface area (Å²) in [5.74, 6) is 0.687. The predicted octanol–water partition coefficient (Wildman–Crippen LogP) is 5.07. The van der Waals surface area contributed by atoms with E-state index in [0.29, 0.717) is 18.0 Å². The van der Waals surface area contributed by atoms with E-state index < -0.39 is 0 Å². The van der Waals surface area contributed by atoms with Crippen LogP contribution in [0, 0.1) is 0 Å². The minimum atomic E-state index is -0.141. The fraction of sp³-hybridized carbons (Fsp3) is 0.125. The summed E-state index contributed by atoms with van der Waals surface area (Å²) in [5, 5.41) is 11.5. The van der Waals surface area contributed by atoms with Gasteiger partial charge in [0, 0.05) is 12.4 Å². The van der Waals surface area contributed by atoms with E-state index in [0.717, 1.165) is 16.5 Å². The molecule has 4 heteroatoms. The Labute approximate surface area is 163 Å². The van der Waals surface area contributed by atoms with Crippen molar-refractivity contribution in [1.82, 2.24) is 4.57 Å². The van der Waals surface area contributed by atoms with Crippen molar-refractivity contribution >= 4 is 16.8 Å². The normalized spacial score (nSPS) is 16.2. The van der Waals surface area contributed by atoms with Gasteiger partial charge in [-0.25, -0.2) is 4.99 Å². The smallest absolute Gasteiger partial charge is 0.223 e. The minimum absolute atomic E-state index is 0.141. The van der Waals surface area contributed by atoms with Gasteiger partial charge < -0.3 is 14.4 Å². The number of aliphatic imine (C=N–C) groups is 1. The van der Waals surface area contributed by atoms with Crippen LogP contribution in [0.4, 0.5) is 0 Å². The first-order chi connectivity index (χ1) is 13.7. The summed E-state index contributed by atoms with van der Waals surface area (Å²) in [6.45, 7) is 0.544. The van der Waals surface area contributed by atoms with Gasteiger partial charge in [0.05, 0.1) is 12.1 Å². The zero-order valence-electron chi connectivity index (χ0n) is 15.5. The molecule has 4 aromatic rings. The minimum Gasteiger partial charge on any atom is -0.494 e. The van der Waals surface area contributed by atoms with E-state index in [2.05, 4.69) is 41.4 Å². The molecule has 1 aliphatic heterocycles. The second-order valence-electron chi connectivity index (χ2n) is 7.02. The molecule has 1 unspecified atom stereocenters. The monoisotopic (exact) mass is 368 g/mol. The van der Waals surface area contributed by atoms with Crippen molar-refractivity contribution in [3.05, 3.63) is 90.0 Å². The quantitative estimate of drug-likeness (QED) is 0.549. The van der Waals surface area contributed by atoms with Crippen LogP contribution < -0.4 is 0 Å². The molecule has 0 radical (unpaired) electrons. The molecule has 28 heavy (non-hydrogen) atoms. The molecule has 138 valence electrons. The highest BCUT2D eigenvalue weighted by molar-refractivity contribution is 6.10. The average Bonchev–Trinajstić information content (AvgIpc) is 3.33. The molecule has 3 aromatic carbocycles. The molecule has 1 aromatic heterocycles. The molecule has 5 rings (SSSR count). The SMILES string of the molecule is Cn1c(O)c(C2=NCC(c3ccc(-c4ccccc4)cc3)O2)c2ccccc21. The Morgan fingerprint density at radius 1 is 0.893 bits per heavy atom. The fourth-order valence-corrected chi connectivity index (χ4v) is 3.80. The Bertz CT molecular complexity index is 1170. The maximum Gasteiger partial charge on any atom is 0.223 e. The highest BCUT2D eigenvalue weighted by atomic mass is 16.5. The summed E-state index contributed by atoms with van der Waals surface area (Å²) in [6, 6.07) is 26.6. The van der Waals surface area contributed by atoms with Crippen LogP contribution in [0.5, 0.6) is 5.88 Å². The third-order valence-electron chi connectivity index (χ3n) is 5.33. The van der Waals surface area contributed by atoms with E-state index in [4.69, 9.17) is 4.74 Å². The maximum atomic E-state index is 10.6. The second-order valence-corrected chi connectivity index (χ2v) is 7.02. The molecular formula is C24H20N2O2. The van der Waals surface area contributed by atoms with Crippen LogP contribution in [0.2, 0.25) is 0 Å². The van der Waals surface area contributed by atoms with Crippen LogP contribution in [0.1, 0.15) is 17.2 Å². The van der Waals surface area contributed by atoms with Crippen molar-refractivity contribution < 1.29 is 9.84 Å². The lowest BCUT2D eigenvalue weighted by Gasteiger charge is -2.12. The lowest BCUT2D eigenvalue weighted by molar-refractivity contribution is 0.230. The average molecular weight is 368 g/mol. The number of aryl methyl sites for hydroxylation is 1. The number of benzene rings is 3. The van der Waals surface area contributed by atoms with Crippen molar-refractivity contribution in [2.24, 2.45) is 12.0 Å². The molecule has 0 amide bonds. The van der Waals surface area contributed by atoms with E-state index in [9.17, 15) is 5.11 Å². The lowest BCUT2D eigenvalue weighted by Crippen LogP contribution is -2.06. The topological polar surface area (TPSA) is 46.8 Å². The van der Waals surface area contributed by atoms with Crippen LogP contribution in [0.15, 0.2) is 83.9 Å². The van der Waals surface area contributed by atoms with Gasteiger partial charge in [-0.1, -0.05) is 72.8 Å². The fourth-order valence-electron chi connectivity index (χ4n) is 3.80. The van der Waals surface area contributed by atoms with Crippen LogP contribution in [0.3, 0.4) is 0 Å². The zero-order valence-corrected chi connectivity index (χ0v) is 15.5. The van der Waals surface area contributed by atoms with Crippen molar-refractivity contribution in [1.29, 1.82) is 0 Å². The van der Waals surface area contributed by atoms with Crippen LogP contribution >= 0.6 is 0 Å². The molecule has 0 bridgehead atoms. The van der Waals surface area contributed by atoms with E-state index in [1.807, 2.05) is 49.5 Å². The number of ether oxygens (including phenoxy) is 1. The molecule has 0 spiro atoms. The van der Waals surface area contributed by atoms with Gasteiger partial charge in [0.2, 0.25) is 11.8 Å². The number of para-hydroxylation sites is 1. The van der Waals surface area contributed by atoms with Crippen molar-refractivity contribution in [3.63, 3.8) is 0 Å². The number of nitrogens with zero attached hydrogens (tertiary/aromatic N) is 2. The molecule has 1 atom stereocenters. The zero-order chi connectivity index (χ0) is 19.1. The summed E-state index contributed by atoms with van der Waals surface area (Å²) in [6.07, 6.45) is -0.141. The Hall–Kier alpha value is -3.53. The predicted molar refractivity (Wildman–Crippen MR) is 112 cm³/mol. The lowest BCUT2D eigenvalue weighted by atomic mass is 10.0. The molecule has 1 aliphatic rings. The van der Waals surface area contributed by atoms with Gasteiger partial charge in [-0.2, -0.15) is 0 Å². The Balaban J connectivity index is 1.41. The Morgan fingerprint density at radius 3 is 2.36 bits per heavy atom. The molecule has 4 nitrogen and oxygen atoms in total. The summed E-state index contributed by atoms with van der Waals surface area (Å²) in [5.41, 5.74) is 5.07. The summed E-state index contributed by atoms with van der Waals surface area (Å²) >= 11 is 0. The van der Waals surface area contributed by atoms with Crippen LogP contribution in [0.25, 0.3) is 22.0 Å². The number of aromatic hydroxyl groups is 1. The van der Waals surface area contributed by atoms with Gasteiger partial charge in [-0.05, 0) is 22.8 Å². The van der Waals surface area contributed by atoms with Gasteiger partial charge in [0.15, 0.2) is 0 Å². The maximum absolute atomic E-state index is 10.6. The van der Waals surface area contributed by atoms with E-state index in [1.165, 1.54) is 11.1 Å². The number of hydrogen-bond acceptors (Lipinski definition) is 3. The van der Waals surface area contributed by atoms with Crippen LogP contribution in [-0.4, -0.2) is 22.1 Å². The molecule has 1 N–H and O–H groups in total. The highest BCUT2D eigenvalue weighted by Gasteiger charge is 2.28. The Morgan fingerprint density at radius 2 is 1.57 bits per heavy atom. The molecule has 2 heterocycles. The van der Waals surface area contributed by atoms with Gasteiger partial charge in [-0.3, -0.25) is 0 Å². The molecule has 0 fully saturated rings. The van der Waals surface area contributed by atoms with Crippen molar-refractivity contribution in [2.45, 2.75) is 6.10 Å². The Kier molecular flexibility index (Phi) is 3.90. The largest absolute Gasteiger partial charge is 0.494 e. The first-order valence-corrected chi connectivity index (χ1v) is 9.35. The first kappa shape index (κ1) is 16.6. The molecule has 0 saturated heterocycles. The summed E-state index contributed by atoms with van der Waals surface area (Å²) in [4.78, 5) is 4.59. The summed E-state index contributed by atoms with van der Waals surface area (Å²) in [7, 11) is 1.84. The van der Waals surface area contributed by atoms with Gasteiger partial charge in [-0.15, -0.1) is 0 Å². The first-order valence-electron chi connectivity index (χ1n) is 9.35. The number of fused-ring (bicyclic) bond motifs is 1. The number of rotatable bonds is 3. The van der Waals surface area contributed by atoms with Gasteiger partial charge in [0.25, 0.3) is 0 Å². The van der Waals surface area contributed by atoms with E-state index in [-0.39, 0.29) is 12.0 Å². The standard InChI is InChI=1S/C24H20N2O2/c1-26-20-10-6-5-9-19(20)22(24(26)27)23-25-15-21(28-23)18-13-11-17(12-14-18)16-7-3-2-4-8-16/h2-14,21,27H,15H2,1H3. The van der Waals surface area contributed by atoms with Gasteiger partial charge in [0.1, 0.15) is 11.7 Å². The van der Waals surface area contributed by atoms with Crippen molar-refractivity contribution in [2.75, 3.05) is 6.54 Å².